The third-order valence-electron chi connectivity index (χ3n) is 17.7. The Bertz CT molecular complexity index is 2610. The van der Waals surface area contributed by atoms with Crippen molar-refractivity contribution in [2.75, 3.05) is 32.9 Å². The standard InChI is InChI=1S/C59H77N2O13P.ClH/c1-57-27-26-46(62)33-45(57)23-24-47-48-34-53-59(58(48,2)35-49(63)54(47)57,73-56(72-53)41-19-9-6-10-20-41)52(65)39-71-55(66)43-21-15-29-61(37-43)38-44-32-42(22-25-51(44)74-75(67,68)69)50(64)36-60-28-12-3-4-13-30-70-31-14-11-18-40-16-7-5-8-17-40;/h5,7-8,15-17,21-22,25-27,29,32-33,37,41,47-50,53-54,56,60,63-64H,3-4,6,9-14,18-20,23-24,28,30-31,34-36,38-39H2,1-2H3,(H-,67,68,69);1H/t47-,48-,49-,50?,53+,54+,56+,57-,58-,59+;/m0./s1. The molecule has 15 nitrogen and oxygen atoms in total. The highest BCUT2D eigenvalue weighted by Gasteiger charge is 2.76. The number of aliphatic hydroxyl groups excluding tert-OH is 2. The van der Waals surface area contributed by atoms with Crippen molar-refractivity contribution >= 4 is 25.4 Å². The van der Waals surface area contributed by atoms with Crippen molar-refractivity contribution in [1.29, 1.82) is 0 Å². The lowest BCUT2D eigenvalue weighted by Gasteiger charge is -2.59. The zero-order chi connectivity index (χ0) is 52.8. The first-order chi connectivity index (χ1) is 36.1. The molecule has 10 atom stereocenters. The lowest BCUT2D eigenvalue weighted by Crippen LogP contribution is -3.00. The molecule has 9 rings (SSSR count). The second-order valence-corrected chi connectivity index (χ2v) is 23.8. The van der Waals surface area contributed by atoms with Crippen molar-refractivity contribution in [3.8, 4) is 5.75 Å². The maximum absolute atomic E-state index is 15.1. The number of hydrogen-bond donors (Lipinski definition) is 5. The molecule has 1 aromatic heterocycles. The number of aryl methyl sites for hydroxylation is 1. The minimum atomic E-state index is -4.97. The van der Waals surface area contributed by atoms with Crippen LogP contribution in [0.1, 0.15) is 143 Å². The Morgan fingerprint density at radius 3 is 2.49 bits per heavy atom. The monoisotopic (exact) mass is 1090 g/mol. The molecule has 5 aliphatic carbocycles. The number of nitrogens with one attached hydrogen (secondary N) is 1. The van der Waals surface area contributed by atoms with Gasteiger partial charge in [-0.05, 0) is 130 Å². The molecule has 0 bridgehead atoms. The highest BCUT2D eigenvalue weighted by atomic mass is 35.5. The number of halogens is 1. The molecule has 5 fully saturated rings. The maximum Gasteiger partial charge on any atom is 0.524 e. The van der Waals surface area contributed by atoms with Crippen LogP contribution in [0.3, 0.4) is 0 Å². The van der Waals surface area contributed by atoms with Crippen molar-refractivity contribution in [2.45, 2.75) is 153 Å². The molecule has 4 saturated carbocycles. The molecule has 0 amide bonds. The average molecular weight is 1090 g/mol. The van der Waals surface area contributed by atoms with Crippen molar-refractivity contribution in [1.82, 2.24) is 5.32 Å². The molecule has 17 heteroatoms. The van der Waals surface area contributed by atoms with E-state index in [4.69, 9.17) is 23.5 Å². The first-order valence-corrected chi connectivity index (χ1v) is 29.1. The fourth-order valence-corrected chi connectivity index (χ4v) is 14.5. The Balaban J connectivity index is 0.00000765. The number of unbranched alkanes of at least 4 members (excludes halogenated alkanes) is 4. The highest BCUT2D eigenvalue weighted by molar-refractivity contribution is 7.46. The minimum Gasteiger partial charge on any atom is -1.00 e. The van der Waals surface area contributed by atoms with Gasteiger partial charge in [-0.2, -0.15) is 4.57 Å². The lowest BCUT2D eigenvalue weighted by molar-refractivity contribution is -0.688. The number of phosphoric ester groups is 1. The van der Waals surface area contributed by atoms with Gasteiger partial charge in [0.15, 0.2) is 43.2 Å². The maximum atomic E-state index is 15.1. The molecule has 6 aliphatic rings. The summed E-state index contributed by atoms with van der Waals surface area (Å²) < 4.78 is 44.4. The number of nitrogens with zero attached hydrogens (tertiary/aromatic N) is 1. The van der Waals surface area contributed by atoms with Gasteiger partial charge in [-0.15, -0.1) is 0 Å². The van der Waals surface area contributed by atoms with Gasteiger partial charge in [0.1, 0.15) is 11.3 Å². The number of phosphoric acid groups is 1. The van der Waals surface area contributed by atoms with Gasteiger partial charge >= 0.3 is 13.8 Å². The molecule has 76 heavy (non-hydrogen) atoms. The highest BCUT2D eigenvalue weighted by Crippen LogP contribution is 2.70. The molecular weight excluding hydrogens is 1010 g/mol. The van der Waals surface area contributed by atoms with Crippen molar-refractivity contribution in [3.05, 3.63) is 119 Å². The number of allylic oxidation sites excluding steroid dienone is 4. The van der Waals surface area contributed by atoms with E-state index >= 15 is 4.79 Å². The predicted octanol–water partition coefficient (Wildman–Crippen LogP) is 5.40. The van der Waals surface area contributed by atoms with Gasteiger partial charge in [0.2, 0.25) is 5.78 Å². The molecule has 3 aromatic rings. The summed E-state index contributed by atoms with van der Waals surface area (Å²) in [5.74, 6) is -1.29. The van der Waals surface area contributed by atoms with E-state index in [0.717, 1.165) is 109 Å². The zero-order valence-electron chi connectivity index (χ0n) is 44.1. The Morgan fingerprint density at radius 1 is 0.947 bits per heavy atom. The van der Waals surface area contributed by atoms with Gasteiger partial charge in [0.05, 0.1) is 23.9 Å². The molecule has 0 radical (unpaired) electrons. The molecule has 5 N–H and O–H groups in total. The molecule has 1 unspecified atom stereocenters. The molecule has 414 valence electrons. The molecule has 2 aromatic carbocycles. The molecular formula is C59H78ClN2O13P. The smallest absolute Gasteiger partial charge is 0.524 e. The number of esters is 1. The Labute approximate surface area is 453 Å². The number of aromatic nitrogens is 1. The SMILES string of the molecule is C[C@]12C=CC(=O)C=C1CC[C@@H]1[C@@H]2[C@@H](O)C[C@@]2(C)[C@H]1C[C@H]1O[C@@H](C3CCCCC3)O[C@]12C(=O)COC(=O)c1ccc[n+](Cc2cc(C(O)CNCCCCCCOCCCCc3ccccc3)ccc2OP(=O)(O)O)c1.[Cl-]. The summed E-state index contributed by atoms with van der Waals surface area (Å²) in [6.07, 6.45) is 20.3. The van der Waals surface area contributed by atoms with Crippen LogP contribution in [0.4, 0.5) is 0 Å². The van der Waals surface area contributed by atoms with E-state index in [1.807, 2.05) is 12.1 Å². The predicted molar refractivity (Wildman–Crippen MR) is 279 cm³/mol. The number of carbonyl (C=O) groups excluding carboxylic acids is 3. The molecule has 1 saturated heterocycles. The van der Waals surface area contributed by atoms with E-state index in [1.54, 1.807) is 47.2 Å². The first-order valence-electron chi connectivity index (χ1n) is 27.6. The number of hydrogen-bond acceptors (Lipinski definition) is 12. The van der Waals surface area contributed by atoms with E-state index < -0.39 is 67.2 Å². The Morgan fingerprint density at radius 2 is 1.71 bits per heavy atom. The summed E-state index contributed by atoms with van der Waals surface area (Å²) in [5, 5.41) is 26.7. The minimum absolute atomic E-state index is 0. The lowest BCUT2D eigenvalue weighted by atomic mass is 9.46. The first kappa shape index (κ1) is 58.0. The number of fused-ring (bicyclic) bond motifs is 7. The second-order valence-electron chi connectivity index (χ2n) is 22.6. The Hall–Kier alpha value is -4.12. The fourth-order valence-electron chi connectivity index (χ4n) is 14.1. The number of aliphatic hydroxyl groups is 2. The number of carbonyl (C=O) groups is 3. The molecule has 0 spiro atoms. The summed E-state index contributed by atoms with van der Waals surface area (Å²) >= 11 is 0. The van der Waals surface area contributed by atoms with Crippen LogP contribution in [0.15, 0.2) is 96.9 Å². The summed E-state index contributed by atoms with van der Waals surface area (Å²) in [5.41, 5.74) is 0.609. The average Bonchev–Trinajstić information content (AvgIpc) is 3.98. The van der Waals surface area contributed by atoms with Crippen LogP contribution in [0.25, 0.3) is 0 Å². The van der Waals surface area contributed by atoms with E-state index in [1.165, 1.54) is 17.8 Å². The third kappa shape index (κ3) is 12.8. The summed E-state index contributed by atoms with van der Waals surface area (Å²) in [6, 6.07) is 18.3. The van der Waals surface area contributed by atoms with Gasteiger partial charge in [-0.1, -0.05) is 94.0 Å². The van der Waals surface area contributed by atoms with E-state index in [9.17, 15) is 34.2 Å². The largest absolute Gasteiger partial charge is 1.00 e. The number of Topliss-reactive ketones (excluding diaryl/α,β-unsaturated/α-hetero) is 1. The number of ketones is 2. The van der Waals surface area contributed by atoms with Crippen LogP contribution in [-0.4, -0.2) is 94.5 Å². The van der Waals surface area contributed by atoms with Gasteiger partial charge in [-0.25, -0.2) is 9.36 Å². The summed E-state index contributed by atoms with van der Waals surface area (Å²) in [6.45, 7) is 6.11. The Kier molecular flexibility index (Phi) is 19.3. The normalized spacial score (nSPS) is 29.3. The van der Waals surface area contributed by atoms with Gasteiger partial charge in [-0.3, -0.25) is 19.4 Å². The van der Waals surface area contributed by atoms with Crippen LogP contribution < -0.4 is 26.8 Å². The fraction of sp³-hybridized carbons (Fsp3) is 0.593. The quantitative estimate of drug-likeness (QED) is 0.0330. The topological polar surface area (TPSA) is 211 Å². The van der Waals surface area contributed by atoms with Crippen LogP contribution in [-0.2, 0) is 46.1 Å². The zero-order valence-corrected chi connectivity index (χ0v) is 45.7. The number of rotatable bonds is 24. The summed E-state index contributed by atoms with van der Waals surface area (Å²) in [4.78, 5) is 61.0. The van der Waals surface area contributed by atoms with Crippen LogP contribution in [0, 0.1) is 34.5 Å². The van der Waals surface area contributed by atoms with E-state index in [-0.39, 0.29) is 72.7 Å². The number of ether oxygens (including phenoxy) is 4. The third-order valence-corrected chi connectivity index (χ3v) is 18.2. The van der Waals surface area contributed by atoms with Crippen LogP contribution in [0.2, 0.25) is 0 Å². The number of pyridine rings is 1. The van der Waals surface area contributed by atoms with Crippen molar-refractivity contribution in [3.63, 3.8) is 0 Å². The van der Waals surface area contributed by atoms with Crippen LogP contribution in [0.5, 0.6) is 5.75 Å². The van der Waals surface area contributed by atoms with Crippen molar-refractivity contribution in [2.24, 2.45) is 34.5 Å². The van der Waals surface area contributed by atoms with E-state index in [0.29, 0.717) is 24.1 Å². The second kappa shape index (κ2) is 25.3. The van der Waals surface area contributed by atoms with Gasteiger partial charge in [0.25, 0.3) is 0 Å². The van der Waals surface area contributed by atoms with Gasteiger partial charge in [0, 0.05) is 48.5 Å². The summed E-state index contributed by atoms with van der Waals surface area (Å²) in [7, 11) is -4.97. The van der Waals surface area contributed by atoms with Crippen LogP contribution >= 0.6 is 7.82 Å². The molecule has 1 aliphatic heterocycles. The van der Waals surface area contributed by atoms with Gasteiger partial charge < -0.3 is 51.4 Å². The van der Waals surface area contributed by atoms with Crippen molar-refractivity contribution < 1.29 is 79.4 Å². The molecule has 2 heterocycles. The number of benzene rings is 2. The van der Waals surface area contributed by atoms with E-state index in [2.05, 4.69) is 43.4 Å².